The number of benzene rings is 1. The molecule has 0 N–H and O–H groups in total. The lowest BCUT2D eigenvalue weighted by atomic mass is 10.0. The quantitative estimate of drug-likeness (QED) is 0.591. The van der Waals surface area contributed by atoms with Gasteiger partial charge in [-0.2, -0.15) is 0 Å². The first-order valence-corrected chi connectivity index (χ1v) is 7.35. The average molecular weight is 187 g/mol. The molecule has 0 saturated carbocycles. The van der Waals surface area contributed by atoms with Gasteiger partial charge in [-0.1, -0.05) is 43.4 Å². The van der Waals surface area contributed by atoms with E-state index < -0.39 is 0 Å². The van der Waals surface area contributed by atoms with Gasteiger partial charge in [0.15, 0.2) is 0 Å². The highest BCUT2D eigenvalue weighted by atomic mass is 28.3. The second kappa shape index (κ2) is 3.15. The molecule has 1 aliphatic rings. The van der Waals surface area contributed by atoms with Gasteiger partial charge in [0.1, 0.15) is 0 Å². The van der Waals surface area contributed by atoms with Gasteiger partial charge in [0.05, 0.1) is 8.80 Å². The molecule has 0 aliphatic heterocycles. The highest BCUT2D eigenvalue weighted by molar-refractivity contribution is 6.58. The zero-order valence-corrected chi connectivity index (χ0v) is 9.46. The van der Waals surface area contributed by atoms with Crippen LogP contribution in [0.5, 0.6) is 0 Å². The summed E-state index contributed by atoms with van der Waals surface area (Å²) in [6.07, 6.45) is 4.68. The van der Waals surface area contributed by atoms with Crippen molar-refractivity contribution in [3.05, 3.63) is 41.0 Å². The molecule has 67 valence electrons. The second-order valence-corrected chi connectivity index (χ2v) is 6.77. The molecule has 1 atom stereocenters. The van der Waals surface area contributed by atoms with Gasteiger partial charge < -0.3 is 0 Å². The van der Waals surface area contributed by atoms with Crippen molar-refractivity contribution in [2.24, 2.45) is 0 Å². The molecule has 0 amide bonds. The van der Waals surface area contributed by atoms with E-state index in [9.17, 15) is 0 Å². The average Bonchev–Trinajstić information content (AvgIpc) is 2.48. The summed E-state index contributed by atoms with van der Waals surface area (Å²) < 4.78 is 0. The normalized spacial score (nSPS) is 19.5. The number of hydrogen-bond acceptors (Lipinski definition) is 0. The molecule has 0 nitrogen and oxygen atoms in total. The molecule has 0 saturated heterocycles. The van der Waals surface area contributed by atoms with Crippen LogP contribution in [0.15, 0.2) is 24.3 Å². The lowest BCUT2D eigenvalue weighted by molar-refractivity contribution is 1.19. The summed E-state index contributed by atoms with van der Waals surface area (Å²) in [7, 11) is -0.227. The molecule has 1 heteroatoms. The summed E-state index contributed by atoms with van der Waals surface area (Å²) in [4.78, 5) is 0. The third-order valence-corrected chi connectivity index (χ3v) is 4.52. The van der Waals surface area contributed by atoms with E-state index in [-0.39, 0.29) is 8.80 Å². The molecule has 0 spiro atoms. The van der Waals surface area contributed by atoms with E-state index in [2.05, 4.69) is 50.4 Å². The van der Waals surface area contributed by atoms with E-state index in [0.29, 0.717) is 0 Å². The van der Waals surface area contributed by atoms with E-state index >= 15 is 0 Å². The van der Waals surface area contributed by atoms with Crippen LogP contribution >= 0.6 is 0 Å². The Bertz CT molecular complexity index is 350. The van der Waals surface area contributed by atoms with Crippen molar-refractivity contribution < 1.29 is 0 Å². The number of allylic oxidation sites excluding steroid dienone is 1. The Hall–Kier alpha value is -0.823. The van der Waals surface area contributed by atoms with E-state index in [4.69, 9.17) is 0 Å². The number of fused-ring (bicyclic) bond motifs is 1. The minimum atomic E-state index is -0.227. The summed E-state index contributed by atoms with van der Waals surface area (Å²) in [6.45, 7) is 6.97. The SMILES string of the molecule is Cc1cccc2c1C=CC2[Si](C)C. The second-order valence-electron chi connectivity index (χ2n) is 3.99. The zero-order valence-electron chi connectivity index (χ0n) is 8.46. The minimum absolute atomic E-state index is 0.227. The summed E-state index contributed by atoms with van der Waals surface area (Å²) >= 11 is 0. The van der Waals surface area contributed by atoms with Crippen LogP contribution in [0.3, 0.4) is 0 Å². The highest BCUT2D eigenvalue weighted by Crippen LogP contribution is 2.33. The predicted octanol–water partition coefficient (Wildman–Crippen LogP) is 3.40. The van der Waals surface area contributed by atoms with Crippen molar-refractivity contribution in [2.75, 3.05) is 0 Å². The van der Waals surface area contributed by atoms with Crippen LogP contribution in [-0.4, -0.2) is 8.80 Å². The fourth-order valence-electron chi connectivity index (χ4n) is 2.00. The third-order valence-electron chi connectivity index (χ3n) is 2.77. The molecule has 0 heterocycles. The van der Waals surface area contributed by atoms with Gasteiger partial charge >= 0.3 is 0 Å². The first-order valence-electron chi connectivity index (χ1n) is 4.78. The van der Waals surface area contributed by atoms with Crippen LogP contribution in [0.4, 0.5) is 0 Å². The molecule has 0 aromatic heterocycles. The van der Waals surface area contributed by atoms with Crippen molar-refractivity contribution >= 4 is 14.9 Å². The van der Waals surface area contributed by atoms with Gasteiger partial charge in [-0.05, 0) is 29.2 Å². The van der Waals surface area contributed by atoms with Crippen LogP contribution in [0.25, 0.3) is 6.08 Å². The van der Waals surface area contributed by atoms with Crippen molar-refractivity contribution in [1.29, 1.82) is 0 Å². The lowest BCUT2D eigenvalue weighted by Gasteiger charge is -2.13. The maximum absolute atomic E-state index is 2.39. The summed E-state index contributed by atoms with van der Waals surface area (Å²) in [5.41, 5.74) is 5.18. The molecule has 0 bridgehead atoms. The van der Waals surface area contributed by atoms with Gasteiger partial charge in [0, 0.05) is 0 Å². The maximum Gasteiger partial charge on any atom is 0.0548 e. The van der Waals surface area contributed by atoms with E-state index in [1.807, 2.05) is 0 Å². The van der Waals surface area contributed by atoms with Crippen LogP contribution < -0.4 is 0 Å². The molecule has 0 fully saturated rings. The first kappa shape index (κ1) is 8.76. The number of rotatable bonds is 1. The van der Waals surface area contributed by atoms with E-state index in [1.165, 1.54) is 11.1 Å². The molecule has 13 heavy (non-hydrogen) atoms. The van der Waals surface area contributed by atoms with Crippen LogP contribution in [0.2, 0.25) is 13.1 Å². The Balaban J connectivity index is 2.49. The predicted molar refractivity (Wildman–Crippen MR) is 60.4 cm³/mol. The number of aryl methyl sites for hydroxylation is 1. The maximum atomic E-state index is 2.39. The topological polar surface area (TPSA) is 0 Å². The van der Waals surface area contributed by atoms with E-state index in [1.54, 1.807) is 5.56 Å². The van der Waals surface area contributed by atoms with Crippen molar-refractivity contribution in [3.8, 4) is 0 Å². The van der Waals surface area contributed by atoms with Crippen molar-refractivity contribution in [1.82, 2.24) is 0 Å². The monoisotopic (exact) mass is 187 g/mol. The number of hydrogen-bond donors (Lipinski definition) is 0. The minimum Gasteiger partial charge on any atom is -0.0794 e. The molecule has 1 aliphatic carbocycles. The van der Waals surface area contributed by atoms with Crippen LogP contribution in [0.1, 0.15) is 22.2 Å². The molecular weight excluding hydrogens is 172 g/mol. The van der Waals surface area contributed by atoms with Gasteiger partial charge in [-0.25, -0.2) is 0 Å². The largest absolute Gasteiger partial charge is 0.0794 e. The van der Waals surface area contributed by atoms with E-state index in [0.717, 1.165) is 5.54 Å². The fourth-order valence-corrected chi connectivity index (χ4v) is 3.36. The molecule has 1 radical (unpaired) electrons. The Kier molecular flexibility index (Phi) is 2.12. The Morgan fingerprint density at radius 3 is 2.69 bits per heavy atom. The molecular formula is C12H15Si. The van der Waals surface area contributed by atoms with Gasteiger partial charge in [-0.15, -0.1) is 0 Å². The summed E-state index contributed by atoms with van der Waals surface area (Å²) in [5, 5.41) is 0. The van der Waals surface area contributed by atoms with Crippen molar-refractivity contribution in [2.45, 2.75) is 25.6 Å². The summed E-state index contributed by atoms with van der Waals surface area (Å²) in [6, 6.07) is 6.66. The Morgan fingerprint density at radius 2 is 2.00 bits per heavy atom. The lowest BCUT2D eigenvalue weighted by Crippen LogP contribution is -2.12. The smallest absolute Gasteiger partial charge is 0.0548 e. The standard InChI is InChI=1S/C12H15Si/c1-9-5-4-6-11-10(9)7-8-12(11)13(2)3/h4-8,12H,1-3H3. The van der Waals surface area contributed by atoms with Crippen LogP contribution in [0, 0.1) is 6.92 Å². The molecule has 1 unspecified atom stereocenters. The highest BCUT2D eigenvalue weighted by Gasteiger charge is 2.21. The molecule has 2 rings (SSSR count). The molecule has 1 aromatic carbocycles. The van der Waals surface area contributed by atoms with Gasteiger partial charge in [0.25, 0.3) is 0 Å². The fraction of sp³-hybridized carbons (Fsp3) is 0.333. The first-order chi connectivity index (χ1) is 6.20. The Labute approximate surface area is 81.9 Å². The summed E-state index contributed by atoms with van der Waals surface area (Å²) in [5.74, 6) is 0. The Morgan fingerprint density at radius 1 is 1.23 bits per heavy atom. The van der Waals surface area contributed by atoms with Gasteiger partial charge in [-0.3, -0.25) is 0 Å². The zero-order chi connectivity index (χ0) is 9.42. The molecule has 1 aromatic rings. The third kappa shape index (κ3) is 1.37. The van der Waals surface area contributed by atoms with Crippen molar-refractivity contribution in [3.63, 3.8) is 0 Å². The van der Waals surface area contributed by atoms with Crippen LogP contribution in [-0.2, 0) is 0 Å². The van der Waals surface area contributed by atoms with Gasteiger partial charge in [0.2, 0.25) is 0 Å².